The predicted octanol–water partition coefficient (Wildman–Crippen LogP) is 5.19. The van der Waals surface area contributed by atoms with Crippen LogP contribution in [0.2, 0.25) is 5.02 Å². The van der Waals surface area contributed by atoms with Crippen LogP contribution in [0.25, 0.3) is 27.9 Å². The van der Waals surface area contributed by atoms with Crippen LogP contribution in [0.5, 0.6) is 0 Å². The van der Waals surface area contributed by atoms with Gasteiger partial charge in [0.05, 0.1) is 11.1 Å². The van der Waals surface area contributed by atoms with E-state index in [1.54, 1.807) is 12.5 Å². The van der Waals surface area contributed by atoms with Crippen LogP contribution >= 0.6 is 11.6 Å². The van der Waals surface area contributed by atoms with Crippen molar-refractivity contribution in [1.82, 2.24) is 19.6 Å². The zero-order chi connectivity index (χ0) is 23.3. The fraction of sp³-hybridized carbons (Fsp3) is 0.200. The van der Waals surface area contributed by atoms with Crippen LogP contribution in [0, 0.1) is 0 Å². The van der Waals surface area contributed by atoms with Crippen molar-refractivity contribution in [3.8, 4) is 11.3 Å². The molecule has 0 spiro atoms. The molecular weight excluding hydrogens is 436 g/mol. The number of halogens is 1. The second kappa shape index (κ2) is 7.71. The second-order valence-corrected chi connectivity index (χ2v) is 9.54. The number of benzene rings is 2. The Kier molecular flexibility index (Phi) is 4.94. The van der Waals surface area contributed by atoms with Crippen LogP contribution in [0.15, 0.2) is 67.1 Å². The van der Waals surface area contributed by atoms with E-state index in [1.807, 2.05) is 64.9 Å². The van der Waals surface area contributed by atoms with Gasteiger partial charge in [-0.2, -0.15) is 4.98 Å². The van der Waals surface area contributed by atoms with Gasteiger partial charge in [0.1, 0.15) is 12.1 Å². The van der Waals surface area contributed by atoms with Gasteiger partial charge >= 0.3 is 0 Å². The largest absolute Gasteiger partial charge is 0.329 e. The molecule has 166 valence electrons. The molecule has 0 aliphatic carbocycles. The van der Waals surface area contributed by atoms with Gasteiger partial charge in [-0.1, -0.05) is 38.4 Å². The van der Waals surface area contributed by atoms with Crippen molar-refractivity contribution in [1.29, 1.82) is 0 Å². The lowest BCUT2D eigenvalue weighted by Crippen LogP contribution is -2.34. The normalized spacial score (nSPS) is 11.9. The van der Waals surface area contributed by atoms with Crippen molar-refractivity contribution < 1.29 is 9.94 Å². The van der Waals surface area contributed by atoms with Gasteiger partial charge in [0.25, 0.3) is 11.5 Å². The van der Waals surface area contributed by atoms with Crippen LogP contribution in [-0.4, -0.2) is 31.8 Å². The van der Waals surface area contributed by atoms with Gasteiger partial charge in [0.2, 0.25) is 6.20 Å². The van der Waals surface area contributed by atoms with Crippen LogP contribution in [0.3, 0.4) is 0 Å². The molecule has 0 fully saturated rings. The molecule has 0 saturated carbocycles. The molecule has 2 aromatic carbocycles. The fourth-order valence-electron chi connectivity index (χ4n) is 3.94. The second-order valence-electron chi connectivity index (χ2n) is 9.10. The molecule has 0 unspecified atom stereocenters. The molecule has 33 heavy (non-hydrogen) atoms. The van der Waals surface area contributed by atoms with Crippen molar-refractivity contribution in [3.05, 3.63) is 77.7 Å². The molecule has 5 aromatic rings. The molecule has 3 heterocycles. The SMILES string of the molecule is CN(c1cccc(-c2ccc(C(C)(C)C)c[n+]2O)c1)c1nc2nncn2c2cc(Cl)ccc12. The number of aromatic nitrogens is 5. The number of pyridine rings is 1. The molecule has 1 N–H and O–H groups in total. The van der Waals surface area contributed by atoms with Gasteiger partial charge in [-0.3, -0.25) is 9.61 Å². The van der Waals surface area contributed by atoms with Crippen molar-refractivity contribution in [2.75, 3.05) is 11.9 Å². The molecule has 0 amide bonds. The van der Waals surface area contributed by atoms with E-state index >= 15 is 0 Å². The highest BCUT2D eigenvalue weighted by atomic mass is 35.5. The molecule has 0 aliphatic heterocycles. The van der Waals surface area contributed by atoms with Crippen molar-refractivity contribution in [2.45, 2.75) is 26.2 Å². The third kappa shape index (κ3) is 3.74. The highest BCUT2D eigenvalue weighted by Crippen LogP contribution is 2.33. The van der Waals surface area contributed by atoms with Crippen LogP contribution in [0.4, 0.5) is 11.5 Å². The van der Waals surface area contributed by atoms with Gasteiger partial charge in [-0.25, -0.2) is 0 Å². The maximum atomic E-state index is 10.7. The minimum absolute atomic E-state index is 0.0545. The summed E-state index contributed by atoms with van der Waals surface area (Å²) in [6, 6.07) is 17.6. The number of hydrogen-bond donors (Lipinski definition) is 1. The summed E-state index contributed by atoms with van der Waals surface area (Å²) in [5, 5.41) is 20.4. The smallest absolute Gasteiger partial charge is 0.264 e. The molecule has 0 aliphatic rings. The fourth-order valence-corrected chi connectivity index (χ4v) is 4.10. The molecule has 5 rings (SSSR count). The molecule has 3 aromatic heterocycles. The monoisotopic (exact) mass is 459 g/mol. The summed E-state index contributed by atoms with van der Waals surface area (Å²) in [4.78, 5) is 6.75. The highest BCUT2D eigenvalue weighted by molar-refractivity contribution is 6.31. The van der Waals surface area contributed by atoms with Gasteiger partial charge in [-0.05, 0) is 47.9 Å². The molecule has 0 atom stereocenters. The zero-order valence-electron chi connectivity index (χ0n) is 18.9. The van der Waals surface area contributed by atoms with E-state index < -0.39 is 0 Å². The molecule has 0 saturated heterocycles. The average molecular weight is 460 g/mol. The van der Waals surface area contributed by atoms with E-state index in [0.29, 0.717) is 16.5 Å². The topological polar surface area (TPSA) is 70.4 Å². The third-order valence-electron chi connectivity index (χ3n) is 5.84. The Bertz CT molecular complexity index is 1500. The predicted molar refractivity (Wildman–Crippen MR) is 129 cm³/mol. The van der Waals surface area contributed by atoms with Gasteiger partial charge in [0, 0.05) is 39.5 Å². The highest BCUT2D eigenvalue weighted by Gasteiger charge is 2.22. The van der Waals surface area contributed by atoms with E-state index in [2.05, 4.69) is 37.0 Å². The third-order valence-corrected chi connectivity index (χ3v) is 6.07. The molecule has 0 bridgehead atoms. The number of anilines is 2. The Balaban J connectivity index is 1.60. The van der Waals surface area contributed by atoms with E-state index in [1.165, 1.54) is 4.73 Å². The Morgan fingerprint density at radius 2 is 1.88 bits per heavy atom. The van der Waals surface area contributed by atoms with Crippen LogP contribution in [-0.2, 0) is 5.41 Å². The maximum Gasteiger partial charge on any atom is 0.264 e. The van der Waals surface area contributed by atoms with E-state index in [0.717, 1.165) is 33.5 Å². The summed E-state index contributed by atoms with van der Waals surface area (Å²) in [7, 11) is 1.96. The van der Waals surface area contributed by atoms with Gasteiger partial charge < -0.3 is 4.90 Å². The lowest BCUT2D eigenvalue weighted by Gasteiger charge is -2.21. The van der Waals surface area contributed by atoms with E-state index in [-0.39, 0.29) is 5.41 Å². The minimum Gasteiger partial charge on any atom is -0.329 e. The lowest BCUT2D eigenvalue weighted by molar-refractivity contribution is -0.896. The van der Waals surface area contributed by atoms with Crippen LogP contribution < -0.4 is 9.63 Å². The number of hydrogen-bond acceptors (Lipinski definition) is 5. The van der Waals surface area contributed by atoms with E-state index in [9.17, 15) is 5.21 Å². The lowest BCUT2D eigenvalue weighted by atomic mass is 9.88. The molecule has 7 nitrogen and oxygen atoms in total. The summed E-state index contributed by atoms with van der Waals surface area (Å²) < 4.78 is 3.01. The maximum absolute atomic E-state index is 10.7. The summed E-state index contributed by atoms with van der Waals surface area (Å²) in [6.07, 6.45) is 3.40. The van der Waals surface area contributed by atoms with Crippen LogP contribution in [0.1, 0.15) is 26.3 Å². The first-order chi connectivity index (χ1) is 15.7. The standard InChI is InChI=1S/C25H24ClN6O/c1-25(2,3)17-8-11-21(32(33)14-17)16-6-5-7-19(12-16)30(4)23-20-10-9-18(26)13-22(20)31-15-27-29-24(31)28-23/h5-15,33H,1-4H3/q+1. The Morgan fingerprint density at radius 1 is 1.06 bits per heavy atom. The Hall–Kier alpha value is -3.71. The summed E-state index contributed by atoms with van der Waals surface area (Å²) in [5.74, 6) is 1.23. The number of fused-ring (bicyclic) bond motifs is 3. The quantitative estimate of drug-likeness (QED) is 0.297. The van der Waals surface area contributed by atoms with Crippen molar-refractivity contribution in [3.63, 3.8) is 0 Å². The number of rotatable bonds is 3. The Morgan fingerprint density at radius 3 is 2.64 bits per heavy atom. The van der Waals surface area contributed by atoms with E-state index in [4.69, 9.17) is 16.6 Å². The van der Waals surface area contributed by atoms with Crippen molar-refractivity contribution >= 4 is 39.8 Å². The molecule has 0 radical (unpaired) electrons. The number of nitrogens with zero attached hydrogens (tertiary/aromatic N) is 6. The van der Waals surface area contributed by atoms with Crippen molar-refractivity contribution in [2.24, 2.45) is 0 Å². The van der Waals surface area contributed by atoms with Gasteiger partial charge in [-0.15, -0.1) is 10.2 Å². The Labute approximate surface area is 196 Å². The molecular formula is C25H24ClN6O+. The molecule has 8 heteroatoms. The van der Waals surface area contributed by atoms with Gasteiger partial charge in [0.15, 0.2) is 0 Å². The zero-order valence-corrected chi connectivity index (χ0v) is 19.6. The first-order valence-electron chi connectivity index (χ1n) is 10.6. The summed E-state index contributed by atoms with van der Waals surface area (Å²) >= 11 is 6.26. The first-order valence-corrected chi connectivity index (χ1v) is 11.0. The average Bonchev–Trinajstić information content (AvgIpc) is 3.26. The summed E-state index contributed by atoms with van der Waals surface area (Å²) in [6.45, 7) is 6.36. The summed E-state index contributed by atoms with van der Waals surface area (Å²) in [5.41, 5.74) is 4.38. The first kappa shape index (κ1) is 21.2. The minimum atomic E-state index is -0.0545.